The van der Waals surface area contributed by atoms with Gasteiger partial charge in [0.25, 0.3) is 0 Å². The summed E-state index contributed by atoms with van der Waals surface area (Å²) in [5.74, 6) is -0.0604. The topological polar surface area (TPSA) is 92.6 Å². The van der Waals surface area contributed by atoms with Crippen molar-refractivity contribution < 1.29 is 18.8 Å². The van der Waals surface area contributed by atoms with Gasteiger partial charge in [-0.25, -0.2) is 4.39 Å². The van der Waals surface area contributed by atoms with Gasteiger partial charge in [0, 0.05) is 30.5 Å². The number of hydrogen-bond acceptors (Lipinski definition) is 5. The highest BCUT2D eigenvalue weighted by Crippen LogP contribution is 2.33. The normalized spacial score (nSPS) is 16.4. The molecule has 3 aromatic rings. The van der Waals surface area contributed by atoms with Gasteiger partial charge in [0.2, 0.25) is 5.91 Å². The number of likely N-dealkylation sites (tertiary alicyclic amines) is 1. The van der Waals surface area contributed by atoms with Crippen LogP contribution in [0.25, 0.3) is 11.0 Å². The molecule has 3 N–H and O–H groups in total. The smallest absolute Gasteiger partial charge is 0.239 e. The van der Waals surface area contributed by atoms with Gasteiger partial charge in [-0.2, -0.15) is 0 Å². The summed E-state index contributed by atoms with van der Waals surface area (Å²) in [5, 5.41) is 14.3. The van der Waals surface area contributed by atoms with Crippen LogP contribution in [0, 0.1) is 5.82 Å². The highest BCUT2D eigenvalue weighted by atomic mass is 19.1. The van der Waals surface area contributed by atoms with Gasteiger partial charge in [-0.05, 0) is 49.1 Å². The molecular formula is C21H22FN3O3. The zero-order valence-corrected chi connectivity index (χ0v) is 15.3. The number of carbonyl (C=O) groups is 1. The molecule has 2 aromatic carbocycles. The number of halogens is 1. The SMILES string of the molecule is N[C@@H](Cc1ccc(O)cc1)C(=O)N1CCC(c2noc3cc(F)ccc23)CC1. The first-order chi connectivity index (χ1) is 13.5. The summed E-state index contributed by atoms with van der Waals surface area (Å²) in [4.78, 5) is 14.5. The number of rotatable bonds is 4. The summed E-state index contributed by atoms with van der Waals surface area (Å²) in [6.45, 7) is 1.20. The van der Waals surface area contributed by atoms with Crippen molar-refractivity contribution in [1.82, 2.24) is 10.1 Å². The van der Waals surface area contributed by atoms with Crippen molar-refractivity contribution >= 4 is 16.9 Å². The average Bonchev–Trinajstić information content (AvgIpc) is 3.12. The minimum atomic E-state index is -0.614. The predicted octanol–water partition coefficient (Wildman–Crippen LogP) is 2.95. The molecule has 0 aliphatic carbocycles. The van der Waals surface area contributed by atoms with Crippen LogP contribution in [0.3, 0.4) is 0 Å². The van der Waals surface area contributed by atoms with E-state index in [4.69, 9.17) is 10.3 Å². The standard InChI is InChI=1S/C21H22FN3O3/c22-15-3-6-17-19(12-15)28-24-20(17)14-7-9-25(10-8-14)21(27)18(23)11-13-1-4-16(26)5-2-13/h1-6,12,14,18,26H,7-11,23H2/t18-/m0/s1. The van der Waals surface area contributed by atoms with Crippen LogP contribution in [0.1, 0.15) is 30.0 Å². The largest absolute Gasteiger partial charge is 0.508 e. The second-order valence-corrected chi connectivity index (χ2v) is 7.28. The average molecular weight is 383 g/mol. The first-order valence-electron chi connectivity index (χ1n) is 9.38. The molecule has 0 bridgehead atoms. The Morgan fingerprint density at radius 3 is 2.68 bits per heavy atom. The monoisotopic (exact) mass is 383 g/mol. The lowest BCUT2D eigenvalue weighted by Crippen LogP contribution is -2.47. The first kappa shape index (κ1) is 18.4. The third kappa shape index (κ3) is 3.71. The number of piperidine rings is 1. The number of phenols is 1. The van der Waals surface area contributed by atoms with Crippen molar-refractivity contribution in [2.45, 2.75) is 31.2 Å². The van der Waals surface area contributed by atoms with Crippen LogP contribution >= 0.6 is 0 Å². The molecular weight excluding hydrogens is 361 g/mol. The molecule has 0 unspecified atom stereocenters. The van der Waals surface area contributed by atoms with Crippen LogP contribution in [-0.2, 0) is 11.2 Å². The molecule has 4 rings (SSSR count). The van der Waals surface area contributed by atoms with Crippen LogP contribution < -0.4 is 5.73 Å². The number of aromatic nitrogens is 1. The maximum atomic E-state index is 13.3. The van der Waals surface area contributed by atoms with E-state index in [2.05, 4.69) is 5.16 Å². The Morgan fingerprint density at radius 1 is 1.25 bits per heavy atom. The van der Waals surface area contributed by atoms with Crippen molar-refractivity contribution in [3.63, 3.8) is 0 Å². The molecule has 6 nitrogen and oxygen atoms in total. The number of nitrogens with two attached hydrogens (primary N) is 1. The molecule has 7 heteroatoms. The van der Waals surface area contributed by atoms with Crippen molar-refractivity contribution in [2.75, 3.05) is 13.1 Å². The van der Waals surface area contributed by atoms with Crippen molar-refractivity contribution in [3.8, 4) is 5.75 Å². The zero-order valence-electron chi connectivity index (χ0n) is 15.3. The van der Waals surface area contributed by atoms with E-state index in [1.807, 2.05) is 0 Å². The number of carbonyl (C=O) groups excluding carboxylic acids is 1. The molecule has 28 heavy (non-hydrogen) atoms. The van der Waals surface area contributed by atoms with E-state index in [1.54, 1.807) is 35.2 Å². The summed E-state index contributed by atoms with van der Waals surface area (Å²) in [7, 11) is 0. The van der Waals surface area contributed by atoms with Crippen molar-refractivity contribution in [1.29, 1.82) is 0 Å². The quantitative estimate of drug-likeness (QED) is 0.723. The van der Waals surface area contributed by atoms with Gasteiger partial charge in [-0.3, -0.25) is 4.79 Å². The van der Waals surface area contributed by atoms with E-state index in [9.17, 15) is 14.3 Å². The molecule has 1 aliphatic rings. The molecule has 1 atom stereocenters. The Labute approximate surface area is 161 Å². The Morgan fingerprint density at radius 2 is 1.96 bits per heavy atom. The lowest BCUT2D eigenvalue weighted by atomic mass is 9.91. The number of fused-ring (bicyclic) bond motifs is 1. The second kappa shape index (κ2) is 7.59. The Kier molecular flexibility index (Phi) is 5.00. The van der Waals surface area contributed by atoms with Crippen molar-refractivity contribution in [2.24, 2.45) is 5.73 Å². The fourth-order valence-electron chi connectivity index (χ4n) is 3.81. The lowest BCUT2D eigenvalue weighted by molar-refractivity contribution is -0.133. The fourth-order valence-corrected chi connectivity index (χ4v) is 3.81. The number of benzene rings is 2. The maximum absolute atomic E-state index is 13.3. The lowest BCUT2D eigenvalue weighted by Gasteiger charge is -2.33. The number of aromatic hydroxyl groups is 1. The van der Waals surface area contributed by atoms with Crippen LogP contribution in [0.15, 0.2) is 47.0 Å². The molecule has 0 radical (unpaired) electrons. The van der Waals surface area contributed by atoms with E-state index < -0.39 is 6.04 Å². The van der Waals surface area contributed by atoms with Gasteiger partial charge in [-0.1, -0.05) is 17.3 Å². The van der Waals surface area contributed by atoms with Crippen LogP contribution in [0.2, 0.25) is 0 Å². The summed E-state index contributed by atoms with van der Waals surface area (Å²) in [6, 6.07) is 10.5. The molecule has 1 aromatic heterocycles. The maximum Gasteiger partial charge on any atom is 0.239 e. The Bertz CT molecular complexity index is 978. The van der Waals surface area contributed by atoms with E-state index in [1.165, 1.54) is 12.1 Å². The van der Waals surface area contributed by atoms with E-state index in [-0.39, 0.29) is 23.4 Å². The second-order valence-electron chi connectivity index (χ2n) is 7.28. The summed E-state index contributed by atoms with van der Waals surface area (Å²) in [6.07, 6.45) is 1.95. The third-order valence-corrected chi connectivity index (χ3v) is 5.36. The molecule has 0 spiro atoms. The van der Waals surface area contributed by atoms with Crippen LogP contribution in [0.4, 0.5) is 4.39 Å². The van der Waals surface area contributed by atoms with Gasteiger partial charge in [0.1, 0.15) is 11.6 Å². The predicted molar refractivity (Wildman–Crippen MR) is 102 cm³/mol. The fraction of sp³-hybridized carbons (Fsp3) is 0.333. The molecule has 1 amide bonds. The van der Waals surface area contributed by atoms with Gasteiger partial charge >= 0.3 is 0 Å². The molecule has 2 heterocycles. The summed E-state index contributed by atoms with van der Waals surface area (Å²) in [5.41, 5.74) is 8.31. The number of nitrogens with zero attached hydrogens (tertiary/aromatic N) is 2. The Balaban J connectivity index is 1.37. The molecule has 146 valence electrons. The highest BCUT2D eigenvalue weighted by molar-refractivity contribution is 5.82. The number of amides is 1. The van der Waals surface area contributed by atoms with E-state index >= 15 is 0 Å². The molecule has 1 saturated heterocycles. The van der Waals surface area contributed by atoms with Gasteiger partial charge in [-0.15, -0.1) is 0 Å². The molecule has 1 aliphatic heterocycles. The zero-order chi connectivity index (χ0) is 19.7. The third-order valence-electron chi connectivity index (χ3n) is 5.36. The minimum absolute atomic E-state index is 0.0707. The number of hydrogen-bond donors (Lipinski definition) is 2. The van der Waals surface area contributed by atoms with Crippen LogP contribution in [-0.4, -0.2) is 40.2 Å². The molecule has 0 saturated carbocycles. The minimum Gasteiger partial charge on any atom is -0.508 e. The van der Waals surface area contributed by atoms with E-state index in [0.717, 1.165) is 29.5 Å². The van der Waals surface area contributed by atoms with Gasteiger partial charge in [0.05, 0.1) is 11.7 Å². The van der Waals surface area contributed by atoms with Crippen LogP contribution in [0.5, 0.6) is 5.75 Å². The summed E-state index contributed by atoms with van der Waals surface area (Å²) >= 11 is 0. The summed E-state index contributed by atoms with van der Waals surface area (Å²) < 4.78 is 18.6. The Hall–Kier alpha value is -2.93. The first-order valence-corrected chi connectivity index (χ1v) is 9.38. The highest BCUT2D eigenvalue weighted by Gasteiger charge is 2.29. The number of phenolic OH excluding ortho intramolecular Hbond substituents is 1. The van der Waals surface area contributed by atoms with Gasteiger partial charge < -0.3 is 20.3 Å². The van der Waals surface area contributed by atoms with E-state index in [0.29, 0.717) is 25.1 Å². The van der Waals surface area contributed by atoms with Crippen molar-refractivity contribution in [3.05, 3.63) is 59.5 Å². The molecule has 1 fully saturated rings. The van der Waals surface area contributed by atoms with Gasteiger partial charge in [0.15, 0.2) is 5.58 Å².